The highest BCUT2D eigenvalue weighted by atomic mass is 32.3. The Morgan fingerprint density at radius 3 is 1.20 bits per heavy atom. The maximum Gasteiger partial charge on any atom is 0.430 e. The lowest BCUT2D eigenvalue weighted by atomic mass is 10.1. The Labute approximate surface area is 135 Å². The summed E-state index contributed by atoms with van der Waals surface area (Å²) >= 11 is 0. The van der Waals surface area contributed by atoms with Gasteiger partial charge in [-0.25, -0.2) is 4.79 Å². The van der Waals surface area contributed by atoms with Crippen LogP contribution in [-0.4, -0.2) is 67.8 Å². The van der Waals surface area contributed by atoms with Gasteiger partial charge in [-0.05, 0) is 13.8 Å². The largest absolute Gasteiger partial charge is 0.479 e. The number of carboxylic acid groups (broad SMARTS) is 1. The lowest BCUT2D eigenvalue weighted by Gasteiger charge is -2.20. The van der Waals surface area contributed by atoms with Crippen LogP contribution in [0.5, 0.6) is 0 Å². The first-order valence-corrected chi connectivity index (χ1v) is 6.33. The smallest absolute Gasteiger partial charge is 0.430 e. The second-order valence-corrected chi connectivity index (χ2v) is 4.90. The molecule has 10 nitrogen and oxygen atoms in total. The Balaban J connectivity index is -0.000000136. The summed E-state index contributed by atoms with van der Waals surface area (Å²) in [6.45, 7) is 0.572. The van der Waals surface area contributed by atoms with E-state index in [2.05, 4.69) is 0 Å². The van der Waals surface area contributed by atoms with E-state index in [1.165, 1.54) is 0 Å². The average molecular weight is 413 g/mol. The van der Waals surface area contributed by atoms with Crippen LogP contribution in [0.25, 0.3) is 0 Å². The Kier molecular flexibility index (Phi) is 12.1. The Bertz CT molecular complexity index is 552. The van der Waals surface area contributed by atoms with Crippen LogP contribution in [0.1, 0.15) is 13.8 Å². The summed E-state index contributed by atoms with van der Waals surface area (Å²) < 4.78 is 100. The van der Waals surface area contributed by atoms with Crippen LogP contribution in [0.2, 0.25) is 0 Å². The highest BCUT2D eigenvalue weighted by molar-refractivity contribution is 7.79. The first-order chi connectivity index (χ1) is 10.0. The van der Waals surface area contributed by atoms with Crippen molar-refractivity contribution in [3.8, 4) is 6.07 Å². The van der Waals surface area contributed by atoms with Gasteiger partial charge >= 0.3 is 28.7 Å². The molecule has 2 atom stereocenters. The number of carbonyl (C=O) groups is 1. The van der Waals surface area contributed by atoms with Crippen LogP contribution in [0.15, 0.2) is 0 Å². The van der Waals surface area contributed by atoms with E-state index in [9.17, 15) is 31.1 Å². The van der Waals surface area contributed by atoms with E-state index in [1.54, 1.807) is 0 Å². The zero-order valence-corrected chi connectivity index (χ0v) is 12.9. The van der Waals surface area contributed by atoms with Gasteiger partial charge in [-0.15, -0.1) is 0 Å². The second kappa shape index (κ2) is 9.69. The van der Waals surface area contributed by atoms with E-state index in [0.29, 0.717) is 13.0 Å². The third-order valence-corrected chi connectivity index (χ3v) is 1.74. The first kappa shape index (κ1) is 31.1. The maximum atomic E-state index is 11.5. The number of aliphatic carboxylic acids is 1. The fourth-order valence-corrected chi connectivity index (χ4v) is 0.185. The summed E-state index contributed by atoms with van der Waals surface area (Å²) in [5.41, 5.74) is -6.86. The molecule has 0 rings (SSSR count). The van der Waals surface area contributed by atoms with Crippen LogP contribution in [0, 0.1) is 11.3 Å². The third-order valence-electron chi connectivity index (χ3n) is 1.74. The zero-order valence-electron chi connectivity index (χ0n) is 12.1. The quantitative estimate of drug-likeness (QED) is 0.217. The second-order valence-electron chi connectivity index (χ2n) is 4.00. The molecule has 0 aromatic carbocycles. The molecule has 0 bridgehead atoms. The summed E-state index contributed by atoms with van der Waals surface area (Å²) in [5, 5.41) is 31.9. The number of carboxylic acids is 1. The Morgan fingerprint density at radius 2 is 1.20 bits per heavy atom. The minimum atomic E-state index is -5.13. The van der Waals surface area contributed by atoms with E-state index in [1.807, 2.05) is 0 Å². The minimum Gasteiger partial charge on any atom is -0.479 e. The minimum absolute atomic E-state index is 0. The predicted molar refractivity (Wildman–Crippen MR) is 64.4 cm³/mol. The topological polar surface area (TPSA) is 208 Å². The summed E-state index contributed by atoms with van der Waals surface area (Å²) in [6, 6.07) is 0.712. The highest BCUT2D eigenvalue weighted by Gasteiger charge is 2.56. The molecule has 0 fully saturated rings. The van der Waals surface area contributed by atoms with Crippen LogP contribution in [0.3, 0.4) is 0 Å². The molecule has 0 aromatic rings. The monoisotopic (exact) mass is 413 g/mol. The molecule has 0 amide bonds. The number of alkyl halides is 6. The van der Waals surface area contributed by atoms with Crippen molar-refractivity contribution < 1.29 is 69.5 Å². The molecular formula is C8H13F6NO9S. The molecule has 17 heteroatoms. The number of nitrogens with zero attached hydrogens (tertiary/aromatic N) is 1. The van der Waals surface area contributed by atoms with Crippen LogP contribution in [-0.2, 0) is 15.2 Å². The van der Waals surface area contributed by atoms with Crippen molar-refractivity contribution in [3.05, 3.63) is 0 Å². The Morgan fingerprint density at radius 1 is 0.960 bits per heavy atom. The molecule has 0 saturated carbocycles. The van der Waals surface area contributed by atoms with E-state index in [4.69, 9.17) is 38.1 Å². The SMILES string of the molecule is CC(O)(C#N)C(F)(F)F.CC(O)(C(=O)O)C(F)(F)F.O.O=S(=O)(O)O. The molecule has 25 heavy (non-hydrogen) atoms. The lowest BCUT2D eigenvalue weighted by Crippen LogP contribution is -2.49. The van der Waals surface area contributed by atoms with Gasteiger partial charge < -0.3 is 20.8 Å². The van der Waals surface area contributed by atoms with Crippen molar-refractivity contribution in [3.63, 3.8) is 0 Å². The summed E-state index contributed by atoms with van der Waals surface area (Å²) in [6.07, 6.45) is -9.99. The van der Waals surface area contributed by atoms with Crippen molar-refractivity contribution in [2.75, 3.05) is 0 Å². The van der Waals surface area contributed by atoms with Crippen molar-refractivity contribution in [1.82, 2.24) is 0 Å². The number of nitriles is 1. The summed E-state index contributed by atoms with van der Waals surface area (Å²) in [7, 11) is -4.67. The van der Waals surface area contributed by atoms with Crippen molar-refractivity contribution >= 4 is 16.4 Å². The van der Waals surface area contributed by atoms with Gasteiger partial charge in [0.2, 0.25) is 5.60 Å². The predicted octanol–water partition coefficient (Wildman–Crippen LogP) is -0.270. The molecule has 0 aliphatic heterocycles. The molecule has 0 aromatic heterocycles. The number of hydrogen-bond donors (Lipinski definition) is 5. The molecule has 0 aliphatic carbocycles. The molecule has 0 spiro atoms. The highest BCUT2D eigenvalue weighted by Crippen LogP contribution is 2.30. The van der Waals surface area contributed by atoms with Gasteiger partial charge in [0.15, 0.2) is 0 Å². The van der Waals surface area contributed by atoms with Gasteiger partial charge in [0, 0.05) is 0 Å². The molecular weight excluding hydrogens is 400 g/mol. The van der Waals surface area contributed by atoms with Gasteiger partial charge in [-0.1, -0.05) is 0 Å². The molecule has 7 N–H and O–H groups in total. The normalized spacial score (nSPS) is 16.1. The maximum absolute atomic E-state index is 11.5. The van der Waals surface area contributed by atoms with Gasteiger partial charge in [0.25, 0.3) is 5.60 Å². The first-order valence-electron chi connectivity index (χ1n) is 4.93. The number of aliphatic hydroxyl groups is 2. The molecule has 0 radical (unpaired) electrons. The fourth-order valence-electron chi connectivity index (χ4n) is 0.185. The number of halogens is 6. The van der Waals surface area contributed by atoms with Crippen molar-refractivity contribution in [1.29, 1.82) is 5.26 Å². The van der Waals surface area contributed by atoms with E-state index < -0.39 is 39.9 Å². The third kappa shape index (κ3) is 14.3. The van der Waals surface area contributed by atoms with E-state index in [-0.39, 0.29) is 12.4 Å². The van der Waals surface area contributed by atoms with Gasteiger partial charge in [-0.2, -0.15) is 40.0 Å². The average Bonchev–Trinajstić information content (AvgIpc) is 2.24. The van der Waals surface area contributed by atoms with E-state index in [0.717, 1.165) is 0 Å². The van der Waals surface area contributed by atoms with Crippen LogP contribution in [0.4, 0.5) is 26.3 Å². The zero-order chi connectivity index (χ0) is 20.8. The lowest BCUT2D eigenvalue weighted by molar-refractivity contribution is -0.253. The molecule has 2 unspecified atom stereocenters. The van der Waals surface area contributed by atoms with Gasteiger partial charge in [0.05, 0.1) is 0 Å². The van der Waals surface area contributed by atoms with Crippen LogP contribution < -0.4 is 0 Å². The van der Waals surface area contributed by atoms with Crippen LogP contribution >= 0.6 is 0 Å². The molecule has 0 aliphatic rings. The summed E-state index contributed by atoms with van der Waals surface area (Å²) in [5.74, 6) is -2.31. The standard InChI is InChI=1S/C4H4F3NO.C4H5F3O3.H2O4S.H2O/c1-3(9,2-8)4(5,6)7;1-3(10,2(8)9)4(5,6)7;1-5(2,3)4;/h9H,1H3;10H,1H3,(H,8,9);(H2,1,2,3,4);1H2. The molecule has 0 saturated heterocycles. The summed E-state index contributed by atoms with van der Waals surface area (Å²) in [4.78, 5) is 9.70. The Hall–Kier alpha value is -1.71. The van der Waals surface area contributed by atoms with Crippen molar-refractivity contribution in [2.45, 2.75) is 37.4 Å². The number of rotatable bonds is 1. The molecule has 152 valence electrons. The number of hydrogen-bond acceptors (Lipinski definition) is 6. The molecule has 0 heterocycles. The van der Waals surface area contributed by atoms with Crippen molar-refractivity contribution in [2.24, 2.45) is 0 Å². The van der Waals surface area contributed by atoms with Gasteiger partial charge in [-0.3, -0.25) is 9.11 Å². The fraction of sp³-hybridized carbons (Fsp3) is 0.750. The van der Waals surface area contributed by atoms with Gasteiger partial charge in [0.1, 0.15) is 6.07 Å². The van der Waals surface area contributed by atoms with E-state index >= 15 is 0 Å².